The second-order valence-corrected chi connectivity index (χ2v) is 7.97. The van der Waals surface area contributed by atoms with Crippen molar-refractivity contribution in [2.75, 3.05) is 13.1 Å². The first-order chi connectivity index (χ1) is 14.2. The molecule has 2 aromatic heterocycles. The summed E-state index contributed by atoms with van der Waals surface area (Å²) in [5, 5.41) is 4.40. The summed E-state index contributed by atoms with van der Waals surface area (Å²) in [7, 11) is 0. The normalized spacial score (nSPS) is 17.5. The number of piperidine rings is 1. The van der Waals surface area contributed by atoms with E-state index in [1.165, 1.54) is 12.1 Å². The third kappa shape index (κ3) is 4.04. The molecule has 3 aromatic rings. The molecule has 0 saturated carbocycles. The van der Waals surface area contributed by atoms with Crippen LogP contribution >= 0.6 is 0 Å². The fraction of sp³-hybridized carbons (Fsp3) is 0.409. The number of amides is 1. The molecule has 3 heterocycles. The van der Waals surface area contributed by atoms with Crippen LogP contribution in [0.1, 0.15) is 45.7 Å². The SMILES string of the molecule is Cc1cc2ncc(C(=O)N3CCCC(Cc4ccc(C(F)(F)F)cc4)C3)c(C)n2n1. The molecule has 0 bridgehead atoms. The zero-order valence-electron chi connectivity index (χ0n) is 16.9. The first-order valence-corrected chi connectivity index (χ1v) is 10.00. The number of likely N-dealkylation sites (tertiary alicyclic amines) is 1. The maximum atomic E-state index is 13.1. The van der Waals surface area contributed by atoms with Crippen molar-refractivity contribution in [3.05, 3.63) is 64.6 Å². The third-order valence-corrected chi connectivity index (χ3v) is 5.69. The van der Waals surface area contributed by atoms with Gasteiger partial charge in [0.15, 0.2) is 5.65 Å². The van der Waals surface area contributed by atoms with Crippen molar-refractivity contribution < 1.29 is 18.0 Å². The highest BCUT2D eigenvalue weighted by Crippen LogP contribution is 2.30. The predicted octanol–water partition coefficient (Wildman–Crippen LogP) is 4.46. The number of rotatable bonds is 3. The molecule has 1 amide bonds. The van der Waals surface area contributed by atoms with Crippen LogP contribution in [0.5, 0.6) is 0 Å². The number of aryl methyl sites for hydroxylation is 2. The molecule has 1 aromatic carbocycles. The minimum atomic E-state index is -4.33. The van der Waals surface area contributed by atoms with Crippen LogP contribution < -0.4 is 0 Å². The molecular formula is C22H23F3N4O. The second kappa shape index (κ2) is 7.74. The van der Waals surface area contributed by atoms with E-state index in [1.54, 1.807) is 10.7 Å². The average molecular weight is 416 g/mol. The number of carbonyl (C=O) groups is 1. The summed E-state index contributed by atoms with van der Waals surface area (Å²) < 4.78 is 40.0. The lowest BCUT2D eigenvalue weighted by Crippen LogP contribution is -2.41. The molecule has 4 rings (SSSR count). The molecule has 1 unspecified atom stereocenters. The van der Waals surface area contributed by atoms with Gasteiger partial charge in [0, 0.05) is 25.4 Å². The van der Waals surface area contributed by atoms with Gasteiger partial charge in [-0.2, -0.15) is 18.3 Å². The lowest BCUT2D eigenvalue weighted by atomic mass is 9.90. The number of hydrogen-bond donors (Lipinski definition) is 0. The molecule has 0 aliphatic carbocycles. The van der Waals surface area contributed by atoms with Crippen LogP contribution in [0.15, 0.2) is 36.5 Å². The van der Waals surface area contributed by atoms with E-state index in [9.17, 15) is 18.0 Å². The van der Waals surface area contributed by atoms with Crippen molar-refractivity contribution in [2.24, 2.45) is 5.92 Å². The van der Waals surface area contributed by atoms with Gasteiger partial charge in [-0.1, -0.05) is 12.1 Å². The first-order valence-electron chi connectivity index (χ1n) is 10.00. The number of halogens is 3. The Hall–Kier alpha value is -2.90. The molecule has 1 fully saturated rings. The van der Waals surface area contributed by atoms with Gasteiger partial charge in [-0.3, -0.25) is 4.79 Å². The highest BCUT2D eigenvalue weighted by atomic mass is 19.4. The summed E-state index contributed by atoms with van der Waals surface area (Å²) in [5.41, 5.74) is 3.04. The summed E-state index contributed by atoms with van der Waals surface area (Å²) in [5.74, 6) is 0.135. The molecule has 158 valence electrons. The Balaban J connectivity index is 1.47. The minimum Gasteiger partial charge on any atom is -0.338 e. The fourth-order valence-electron chi connectivity index (χ4n) is 4.12. The van der Waals surface area contributed by atoms with Gasteiger partial charge in [-0.15, -0.1) is 0 Å². The van der Waals surface area contributed by atoms with Gasteiger partial charge in [0.2, 0.25) is 0 Å². The number of hydrogen-bond acceptors (Lipinski definition) is 3. The van der Waals surface area contributed by atoms with Crippen LogP contribution in [0.4, 0.5) is 13.2 Å². The van der Waals surface area contributed by atoms with E-state index in [1.807, 2.05) is 24.8 Å². The number of benzene rings is 1. The Morgan fingerprint density at radius 1 is 1.20 bits per heavy atom. The van der Waals surface area contributed by atoms with Crippen molar-refractivity contribution in [2.45, 2.75) is 39.3 Å². The lowest BCUT2D eigenvalue weighted by Gasteiger charge is -2.33. The van der Waals surface area contributed by atoms with Gasteiger partial charge in [-0.25, -0.2) is 9.50 Å². The molecule has 1 atom stereocenters. The molecular weight excluding hydrogens is 393 g/mol. The highest BCUT2D eigenvalue weighted by Gasteiger charge is 2.30. The van der Waals surface area contributed by atoms with Crippen molar-refractivity contribution in [3.63, 3.8) is 0 Å². The van der Waals surface area contributed by atoms with Crippen LogP contribution in [-0.2, 0) is 12.6 Å². The third-order valence-electron chi connectivity index (χ3n) is 5.69. The highest BCUT2D eigenvalue weighted by molar-refractivity contribution is 5.95. The van der Waals surface area contributed by atoms with E-state index in [0.29, 0.717) is 30.7 Å². The Labute approximate surface area is 172 Å². The summed E-state index contributed by atoms with van der Waals surface area (Å²) in [6.07, 6.45) is -0.261. The molecule has 1 aliphatic rings. The molecule has 0 N–H and O–H groups in total. The Kier molecular flexibility index (Phi) is 5.26. The molecule has 1 saturated heterocycles. The fourth-order valence-corrected chi connectivity index (χ4v) is 4.12. The van der Waals surface area contributed by atoms with Crippen molar-refractivity contribution in [1.29, 1.82) is 0 Å². The Morgan fingerprint density at radius 2 is 1.93 bits per heavy atom. The van der Waals surface area contributed by atoms with Gasteiger partial charge in [0.1, 0.15) is 0 Å². The first kappa shape index (κ1) is 20.4. The monoisotopic (exact) mass is 416 g/mol. The smallest absolute Gasteiger partial charge is 0.338 e. The lowest BCUT2D eigenvalue weighted by molar-refractivity contribution is -0.137. The van der Waals surface area contributed by atoms with Crippen LogP contribution in [-0.4, -0.2) is 38.5 Å². The standard InChI is InChI=1S/C22H23F3N4O/c1-14-10-20-26-12-19(15(2)29(20)27-14)21(30)28-9-3-4-17(13-28)11-16-5-7-18(8-6-16)22(23,24)25/h5-8,10,12,17H,3-4,9,11,13H2,1-2H3. The van der Waals surface area contributed by atoms with Gasteiger partial charge in [0.05, 0.1) is 22.5 Å². The Morgan fingerprint density at radius 3 is 2.63 bits per heavy atom. The van der Waals surface area contributed by atoms with Crippen molar-refractivity contribution >= 4 is 11.6 Å². The molecule has 0 spiro atoms. The van der Waals surface area contributed by atoms with Crippen LogP contribution in [0.25, 0.3) is 5.65 Å². The Bertz CT molecular complexity index is 1070. The van der Waals surface area contributed by atoms with Gasteiger partial charge in [-0.05, 0) is 56.7 Å². The molecule has 0 radical (unpaired) electrons. The van der Waals surface area contributed by atoms with E-state index < -0.39 is 11.7 Å². The summed E-state index contributed by atoms with van der Waals surface area (Å²) >= 11 is 0. The predicted molar refractivity (Wildman–Crippen MR) is 106 cm³/mol. The molecule has 1 aliphatic heterocycles. The summed E-state index contributed by atoms with van der Waals surface area (Å²) in [4.78, 5) is 19.3. The van der Waals surface area contributed by atoms with Gasteiger partial charge >= 0.3 is 6.18 Å². The maximum Gasteiger partial charge on any atom is 0.416 e. The largest absolute Gasteiger partial charge is 0.416 e. The summed E-state index contributed by atoms with van der Waals surface area (Å²) in [6.45, 7) is 4.98. The number of alkyl halides is 3. The number of aromatic nitrogens is 3. The maximum absolute atomic E-state index is 13.1. The zero-order chi connectivity index (χ0) is 21.5. The van der Waals surface area contributed by atoms with Crippen molar-refractivity contribution in [3.8, 4) is 0 Å². The van der Waals surface area contributed by atoms with E-state index in [4.69, 9.17) is 0 Å². The van der Waals surface area contributed by atoms with Crippen molar-refractivity contribution in [1.82, 2.24) is 19.5 Å². The average Bonchev–Trinajstić information content (AvgIpc) is 3.09. The van der Waals surface area contributed by atoms with Crippen LogP contribution in [0.2, 0.25) is 0 Å². The summed E-state index contributed by atoms with van der Waals surface area (Å²) in [6, 6.07) is 7.17. The van der Waals surface area contributed by atoms with E-state index in [0.717, 1.165) is 41.9 Å². The van der Waals surface area contributed by atoms with Crippen LogP contribution in [0, 0.1) is 19.8 Å². The topological polar surface area (TPSA) is 50.5 Å². The van der Waals surface area contributed by atoms with E-state index >= 15 is 0 Å². The van der Waals surface area contributed by atoms with E-state index in [-0.39, 0.29) is 11.8 Å². The molecule has 30 heavy (non-hydrogen) atoms. The van der Waals surface area contributed by atoms with Gasteiger partial charge < -0.3 is 4.90 Å². The number of fused-ring (bicyclic) bond motifs is 1. The number of nitrogens with zero attached hydrogens (tertiary/aromatic N) is 4. The van der Waals surface area contributed by atoms with Crippen LogP contribution in [0.3, 0.4) is 0 Å². The quantitative estimate of drug-likeness (QED) is 0.634. The molecule has 5 nitrogen and oxygen atoms in total. The number of carbonyl (C=O) groups excluding carboxylic acids is 1. The second-order valence-electron chi connectivity index (χ2n) is 7.97. The van der Waals surface area contributed by atoms with E-state index in [2.05, 4.69) is 10.1 Å². The zero-order valence-corrected chi connectivity index (χ0v) is 16.9. The minimum absolute atomic E-state index is 0.0767. The molecule has 8 heteroatoms. The van der Waals surface area contributed by atoms with Gasteiger partial charge in [0.25, 0.3) is 5.91 Å².